The average molecular weight is 474 g/mol. The summed E-state index contributed by atoms with van der Waals surface area (Å²) in [5.74, 6) is 0.717. The van der Waals surface area contributed by atoms with Crippen LogP contribution in [0, 0.1) is 0 Å². The van der Waals surface area contributed by atoms with E-state index < -0.39 is 0 Å². The van der Waals surface area contributed by atoms with E-state index in [2.05, 4.69) is 108 Å². The van der Waals surface area contributed by atoms with Crippen LogP contribution in [0.2, 0.25) is 0 Å². The van der Waals surface area contributed by atoms with Crippen LogP contribution >= 0.6 is 0 Å². The lowest BCUT2D eigenvalue weighted by atomic mass is 10.0. The third kappa shape index (κ3) is 3.69. The largest absolute Gasteiger partial charge is 0.309 e. The molecule has 5 aromatic carbocycles. The van der Waals surface area contributed by atoms with Crippen molar-refractivity contribution in [1.29, 1.82) is 0 Å². The van der Waals surface area contributed by atoms with Crippen LogP contribution < -0.4 is 0 Å². The van der Waals surface area contributed by atoms with E-state index >= 15 is 0 Å². The van der Waals surface area contributed by atoms with Gasteiger partial charge in [-0.2, -0.15) is 0 Å². The molecule has 37 heavy (non-hydrogen) atoms. The lowest BCUT2D eigenvalue weighted by Gasteiger charge is -2.15. The normalized spacial score (nSPS) is 11.2. The van der Waals surface area contributed by atoms with Gasteiger partial charge in [-0.15, -0.1) is 0 Å². The fourth-order valence-electron chi connectivity index (χ4n) is 5.13. The first-order valence-corrected chi connectivity index (χ1v) is 12.4. The molecular formula is C34H23N3. The molecule has 174 valence electrons. The van der Waals surface area contributed by atoms with Crippen molar-refractivity contribution < 1.29 is 0 Å². The summed E-state index contributed by atoms with van der Waals surface area (Å²) in [7, 11) is 0. The van der Waals surface area contributed by atoms with E-state index in [1.165, 1.54) is 21.8 Å². The van der Waals surface area contributed by atoms with Crippen molar-refractivity contribution in [3.8, 4) is 39.6 Å². The van der Waals surface area contributed by atoms with Crippen molar-refractivity contribution in [1.82, 2.24) is 14.5 Å². The Balaban J connectivity index is 1.52. The zero-order chi connectivity index (χ0) is 24.6. The van der Waals surface area contributed by atoms with Gasteiger partial charge in [-0.25, -0.2) is 9.97 Å². The Kier molecular flexibility index (Phi) is 5.11. The minimum Gasteiger partial charge on any atom is -0.309 e. The molecule has 3 heteroatoms. The molecule has 2 heterocycles. The zero-order valence-corrected chi connectivity index (χ0v) is 20.1. The predicted molar refractivity (Wildman–Crippen MR) is 153 cm³/mol. The summed E-state index contributed by atoms with van der Waals surface area (Å²) in [6.07, 6.45) is 0. The molecule has 7 rings (SSSR count). The Morgan fingerprint density at radius 2 is 0.946 bits per heavy atom. The van der Waals surface area contributed by atoms with Crippen molar-refractivity contribution in [2.75, 3.05) is 0 Å². The second-order valence-electron chi connectivity index (χ2n) is 9.08. The van der Waals surface area contributed by atoms with E-state index in [0.717, 1.165) is 33.8 Å². The van der Waals surface area contributed by atoms with Gasteiger partial charge in [0.2, 0.25) is 0 Å². The molecule has 0 aliphatic carbocycles. The van der Waals surface area contributed by atoms with Crippen LogP contribution in [0.25, 0.3) is 61.4 Å². The number of hydrogen-bond acceptors (Lipinski definition) is 2. The lowest BCUT2D eigenvalue weighted by Crippen LogP contribution is -2.00. The number of hydrogen-bond donors (Lipinski definition) is 0. The molecule has 0 fully saturated rings. The predicted octanol–water partition coefficient (Wildman–Crippen LogP) is 8.57. The molecule has 0 aliphatic rings. The fraction of sp³-hybridized carbons (Fsp3) is 0. The highest BCUT2D eigenvalue weighted by Gasteiger charge is 2.17. The molecule has 0 bridgehead atoms. The maximum Gasteiger partial charge on any atom is 0.160 e. The summed E-state index contributed by atoms with van der Waals surface area (Å²) < 4.78 is 2.35. The quantitative estimate of drug-likeness (QED) is 0.256. The summed E-state index contributed by atoms with van der Waals surface area (Å²) in [4.78, 5) is 10.1. The average Bonchev–Trinajstić information content (AvgIpc) is 3.32. The summed E-state index contributed by atoms with van der Waals surface area (Å²) in [5.41, 5.74) is 8.37. The number of rotatable bonds is 4. The first kappa shape index (κ1) is 21.3. The third-order valence-corrected chi connectivity index (χ3v) is 6.83. The highest BCUT2D eigenvalue weighted by Crippen LogP contribution is 2.36. The summed E-state index contributed by atoms with van der Waals surface area (Å²) >= 11 is 0. The van der Waals surface area contributed by atoms with Crippen LogP contribution in [0.4, 0.5) is 0 Å². The number of para-hydroxylation sites is 3. The Hall–Kier alpha value is -5.02. The van der Waals surface area contributed by atoms with Crippen molar-refractivity contribution in [3.63, 3.8) is 0 Å². The molecule has 0 saturated carbocycles. The first-order chi connectivity index (χ1) is 18.4. The summed E-state index contributed by atoms with van der Waals surface area (Å²) in [6.45, 7) is 0. The van der Waals surface area contributed by atoms with Crippen LogP contribution in [0.5, 0.6) is 0 Å². The van der Waals surface area contributed by atoms with Gasteiger partial charge in [0.05, 0.1) is 28.1 Å². The van der Waals surface area contributed by atoms with Gasteiger partial charge in [0, 0.05) is 27.5 Å². The van der Waals surface area contributed by atoms with Crippen LogP contribution in [-0.2, 0) is 0 Å². The van der Waals surface area contributed by atoms with Gasteiger partial charge in [0.25, 0.3) is 0 Å². The van der Waals surface area contributed by atoms with Crippen molar-refractivity contribution in [2.45, 2.75) is 0 Å². The Labute approximate surface area is 215 Å². The zero-order valence-electron chi connectivity index (χ0n) is 20.1. The topological polar surface area (TPSA) is 30.7 Å². The van der Waals surface area contributed by atoms with Gasteiger partial charge in [0.15, 0.2) is 5.82 Å². The maximum absolute atomic E-state index is 5.11. The van der Waals surface area contributed by atoms with Gasteiger partial charge < -0.3 is 4.57 Å². The SMILES string of the molecule is c1ccc(-c2cc(-c3ccccc3-n3c4ccccc4c4ccccc43)nc(-c3ccccc3)n2)cc1. The van der Waals surface area contributed by atoms with Crippen LogP contribution in [0.3, 0.4) is 0 Å². The van der Waals surface area contributed by atoms with E-state index in [9.17, 15) is 0 Å². The van der Waals surface area contributed by atoms with Crippen molar-refractivity contribution in [3.05, 3.63) is 140 Å². The number of benzene rings is 5. The first-order valence-electron chi connectivity index (χ1n) is 12.4. The molecule has 7 aromatic rings. The van der Waals surface area contributed by atoms with Gasteiger partial charge >= 0.3 is 0 Å². The highest BCUT2D eigenvalue weighted by molar-refractivity contribution is 6.09. The highest BCUT2D eigenvalue weighted by atomic mass is 15.0. The number of nitrogens with zero attached hydrogens (tertiary/aromatic N) is 3. The van der Waals surface area contributed by atoms with E-state index in [-0.39, 0.29) is 0 Å². The van der Waals surface area contributed by atoms with Gasteiger partial charge in [0.1, 0.15) is 0 Å². The van der Waals surface area contributed by atoms with E-state index in [4.69, 9.17) is 9.97 Å². The van der Waals surface area contributed by atoms with Crippen LogP contribution in [0.15, 0.2) is 140 Å². The van der Waals surface area contributed by atoms with Crippen LogP contribution in [0.1, 0.15) is 0 Å². The number of fused-ring (bicyclic) bond motifs is 3. The molecule has 0 radical (unpaired) electrons. The fourth-order valence-corrected chi connectivity index (χ4v) is 5.13. The molecule has 0 amide bonds. The Bertz CT molecular complexity index is 1760. The molecule has 0 unspecified atom stereocenters. The molecule has 0 aliphatic heterocycles. The minimum atomic E-state index is 0.717. The number of aromatic nitrogens is 3. The molecule has 0 spiro atoms. The van der Waals surface area contributed by atoms with Crippen molar-refractivity contribution in [2.24, 2.45) is 0 Å². The summed E-state index contributed by atoms with van der Waals surface area (Å²) in [5, 5.41) is 2.48. The Morgan fingerprint density at radius 3 is 1.62 bits per heavy atom. The summed E-state index contributed by atoms with van der Waals surface area (Å²) in [6, 6.07) is 48.3. The maximum atomic E-state index is 5.11. The van der Waals surface area contributed by atoms with Crippen LogP contribution in [-0.4, -0.2) is 14.5 Å². The third-order valence-electron chi connectivity index (χ3n) is 6.83. The Morgan fingerprint density at radius 1 is 0.432 bits per heavy atom. The molecule has 0 saturated heterocycles. The molecular weight excluding hydrogens is 450 g/mol. The van der Waals surface area contributed by atoms with E-state index in [0.29, 0.717) is 5.82 Å². The van der Waals surface area contributed by atoms with Crippen molar-refractivity contribution >= 4 is 21.8 Å². The second kappa shape index (κ2) is 8.89. The van der Waals surface area contributed by atoms with Gasteiger partial charge in [-0.1, -0.05) is 115 Å². The molecule has 0 atom stereocenters. The minimum absolute atomic E-state index is 0.717. The molecule has 0 N–H and O–H groups in total. The smallest absolute Gasteiger partial charge is 0.160 e. The monoisotopic (exact) mass is 473 g/mol. The van der Waals surface area contributed by atoms with E-state index in [1.807, 2.05) is 36.4 Å². The second-order valence-corrected chi connectivity index (χ2v) is 9.08. The van der Waals surface area contributed by atoms with Gasteiger partial charge in [-0.05, 0) is 24.3 Å². The van der Waals surface area contributed by atoms with Gasteiger partial charge in [-0.3, -0.25) is 0 Å². The lowest BCUT2D eigenvalue weighted by molar-refractivity contribution is 1.15. The standard InChI is InChI=1S/C34H23N3/c1-3-13-24(14-4-1)29-23-30(36-34(35-29)25-15-5-2-6-16-25)28-19-9-12-22-33(28)37-31-20-10-7-17-26(31)27-18-8-11-21-32(27)37/h1-23H. The van der Waals surface area contributed by atoms with E-state index in [1.54, 1.807) is 0 Å². The molecule has 2 aromatic heterocycles. The molecule has 3 nitrogen and oxygen atoms in total.